The summed E-state index contributed by atoms with van der Waals surface area (Å²) in [6.07, 6.45) is 7.23. The number of rotatable bonds is 4. The number of hydrogen-bond acceptors (Lipinski definition) is 5. The van der Waals surface area contributed by atoms with Gasteiger partial charge < -0.3 is 4.52 Å². The third kappa shape index (κ3) is 3.29. The molecule has 0 radical (unpaired) electrons. The summed E-state index contributed by atoms with van der Waals surface area (Å²) in [5, 5.41) is 4.05. The predicted molar refractivity (Wildman–Crippen MR) is 80.4 cm³/mol. The van der Waals surface area contributed by atoms with E-state index < -0.39 is 0 Å². The van der Waals surface area contributed by atoms with Gasteiger partial charge in [-0.2, -0.15) is 4.98 Å². The van der Waals surface area contributed by atoms with Gasteiger partial charge in [-0.3, -0.25) is 9.88 Å². The SMILES string of the molecule is CN(Cc1nc(-c2ccncc2)no1)C1CCC(C)(C)C1. The Balaban J connectivity index is 1.65. The Morgan fingerprint density at radius 3 is 2.76 bits per heavy atom. The van der Waals surface area contributed by atoms with Crippen LogP contribution in [-0.2, 0) is 6.54 Å². The van der Waals surface area contributed by atoms with Crippen molar-refractivity contribution in [2.75, 3.05) is 7.05 Å². The molecule has 0 bridgehead atoms. The van der Waals surface area contributed by atoms with E-state index in [4.69, 9.17) is 4.52 Å². The molecule has 0 spiro atoms. The molecular weight excluding hydrogens is 264 g/mol. The Kier molecular flexibility index (Phi) is 3.76. The summed E-state index contributed by atoms with van der Waals surface area (Å²) in [7, 11) is 2.14. The Labute approximate surface area is 125 Å². The van der Waals surface area contributed by atoms with Gasteiger partial charge in [-0.25, -0.2) is 0 Å². The quantitative estimate of drug-likeness (QED) is 0.864. The van der Waals surface area contributed by atoms with Crippen LogP contribution in [0.4, 0.5) is 0 Å². The molecule has 3 rings (SSSR count). The van der Waals surface area contributed by atoms with Crippen molar-refractivity contribution in [1.82, 2.24) is 20.0 Å². The van der Waals surface area contributed by atoms with Gasteiger partial charge in [0.25, 0.3) is 0 Å². The monoisotopic (exact) mass is 286 g/mol. The summed E-state index contributed by atoms with van der Waals surface area (Å²) in [5.74, 6) is 1.31. The second-order valence-corrected chi connectivity index (χ2v) is 6.72. The van der Waals surface area contributed by atoms with Gasteiger partial charge in [0.15, 0.2) is 0 Å². The average molecular weight is 286 g/mol. The molecule has 0 amide bonds. The molecule has 0 aliphatic heterocycles. The fourth-order valence-corrected chi connectivity index (χ4v) is 3.06. The molecule has 5 heteroatoms. The van der Waals surface area contributed by atoms with Crippen molar-refractivity contribution in [3.05, 3.63) is 30.4 Å². The van der Waals surface area contributed by atoms with Crippen molar-refractivity contribution < 1.29 is 4.52 Å². The van der Waals surface area contributed by atoms with E-state index >= 15 is 0 Å². The molecule has 1 aliphatic rings. The molecule has 21 heavy (non-hydrogen) atoms. The first-order valence-electron chi connectivity index (χ1n) is 7.47. The Morgan fingerprint density at radius 2 is 2.10 bits per heavy atom. The Hall–Kier alpha value is -1.75. The highest BCUT2D eigenvalue weighted by Gasteiger charge is 2.33. The van der Waals surface area contributed by atoms with Gasteiger partial charge in [0.1, 0.15) is 0 Å². The number of aromatic nitrogens is 3. The van der Waals surface area contributed by atoms with Crippen molar-refractivity contribution >= 4 is 0 Å². The van der Waals surface area contributed by atoms with Gasteiger partial charge in [0.05, 0.1) is 6.54 Å². The van der Waals surface area contributed by atoms with Gasteiger partial charge in [-0.1, -0.05) is 19.0 Å². The van der Waals surface area contributed by atoms with E-state index in [1.54, 1.807) is 12.4 Å². The van der Waals surface area contributed by atoms with Crippen molar-refractivity contribution in [1.29, 1.82) is 0 Å². The molecule has 1 atom stereocenters. The maximum atomic E-state index is 5.38. The van der Waals surface area contributed by atoms with Crippen LogP contribution in [0.2, 0.25) is 0 Å². The van der Waals surface area contributed by atoms with Crippen LogP contribution in [0.25, 0.3) is 11.4 Å². The second kappa shape index (κ2) is 5.56. The van der Waals surface area contributed by atoms with Gasteiger partial charge in [0, 0.05) is 24.0 Å². The molecule has 1 saturated carbocycles. The van der Waals surface area contributed by atoms with E-state index in [-0.39, 0.29) is 0 Å². The van der Waals surface area contributed by atoms with Crippen LogP contribution < -0.4 is 0 Å². The first-order chi connectivity index (χ1) is 10.0. The first-order valence-corrected chi connectivity index (χ1v) is 7.47. The molecule has 1 fully saturated rings. The van der Waals surface area contributed by atoms with Gasteiger partial charge in [0.2, 0.25) is 11.7 Å². The van der Waals surface area contributed by atoms with Crippen molar-refractivity contribution in [3.63, 3.8) is 0 Å². The van der Waals surface area contributed by atoms with E-state index in [1.807, 2.05) is 12.1 Å². The van der Waals surface area contributed by atoms with E-state index in [1.165, 1.54) is 19.3 Å². The highest BCUT2D eigenvalue weighted by molar-refractivity contribution is 5.52. The maximum absolute atomic E-state index is 5.38. The summed E-state index contributed by atoms with van der Waals surface area (Å²) < 4.78 is 5.38. The molecule has 0 saturated heterocycles. The van der Waals surface area contributed by atoms with Gasteiger partial charge in [-0.15, -0.1) is 0 Å². The summed E-state index contributed by atoms with van der Waals surface area (Å²) in [5.41, 5.74) is 1.39. The van der Waals surface area contributed by atoms with E-state index in [2.05, 4.69) is 40.9 Å². The largest absolute Gasteiger partial charge is 0.338 e. The third-order valence-corrected chi connectivity index (χ3v) is 4.36. The molecule has 0 aromatic carbocycles. The molecule has 0 N–H and O–H groups in total. The van der Waals surface area contributed by atoms with Gasteiger partial charge in [-0.05, 0) is 43.9 Å². The summed E-state index contributed by atoms with van der Waals surface area (Å²) in [4.78, 5) is 10.8. The molecule has 2 heterocycles. The zero-order valence-electron chi connectivity index (χ0n) is 12.9. The van der Waals surface area contributed by atoms with Crippen LogP contribution in [0.5, 0.6) is 0 Å². The minimum absolute atomic E-state index is 0.454. The molecular formula is C16H22N4O. The van der Waals surface area contributed by atoms with Crippen molar-refractivity contribution in [3.8, 4) is 11.4 Å². The van der Waals surface area contributed by atoms with E-state index in [0.29, 0.717) is 29.7 Å². The molecule has 1 aliphatic carbocycles. The molecule has 2 aromatic rings. The van der Waals surface area contributed by atoms with Crippen LogP contribution in [0.3, 0.4) is 0 Å². The van der Waals surface area contributed by atoms with Crippen LogP contribution in [0.1, 0.15) is 39.0 Å². The lowest BCUT2D eigenvalue weighted by Crippen LogP contribution is -2.29. The number of nitrogens with zero attached hydrogens (tertiary/aromatic N) is 4. The standard InChI is InChI=1S/C16H22N4O/c1-16(2)7-4-13(10-16)20(3)11-14-18-15(19-21-14)12-5-8-17-9-6-12/h5-6,8-9,13H,4,7,10-11H2,1-3H3. The zero-order valence-corrected chi connectivity index (χ0v) is 12.9. The normalized spacial score (nSPS) is 21.0. The Bertz CT molecular complexity index is 593. The van der Waals surface area contributed by atoms with Crippen LogP contribution in [0.15, 0.2) is 29.0 Å². The lowest BCUT2D eigenvalue weighted by molar-refractivity contribution is 0.194. The lowest BCUT2D eigenvalue weighted by atomic mass is 9.91. The fourth-order valence-electron chi connectivity index (χ4n) is 3.06. The summed E-state index contributed by atoms with van der Waals surface area (Å²) in [6.45, 7) is 5.39. The molecule has 2 aromatic heterocycles. The third-order valence-electron chi connectivity index (χ3n) is 4.36. The molecule has 5 nitrogen and oxygen atoms in total. The lowest BCUT2D eigenvalue weighted by Gasteiger charge is -2.24. The summed E-state index contributed by atoms with van der Waals surface area (Å²) in [6, 6.07) is 4.38. The second-order valence-electron chi connectivity index (χ2n) is 6.72. The highest BCUT2D eigenvalue weighted by atomic mass is 16.5. The van der Waals surface area contributed by atoms with Crippen molar-refractivity contribution in [2.45, 2.75) is 45.7 Å². The minimum atomic E-state index is 0.454. The summed E-state index contributed by atoms with van der Waals surface area (Å²) >= 11 is 0. The topological polar surface area (TPSA) is 55.1 Å². The van der Waals surface area contributed by atoms with E-state index in [0.717, 1.165) is 5.56 Å². The van der Waals surface area contributed by atoms with Crippen molar-refractivity contribution in [2.24, 2.45) is 5.41 Å². The number of hydrogen-bond donors (Lipinski definition) is 0. The van der Waals surface area contributed by atoms with E-state index in [9.17, 15) is 0 Å². The smallest absolute Gasteiger partial charge is 0.241 e. The highest BCUT2D eigenvalue weighted by Crippen LogP contribution is 2.39. The molecule has 1 unspecified atom stereocenters. The molecule has 112 valence electrons. The fraction of sp³-hybridized carbons (Fsp3) is 0.562. The van der Waals surface area contributed by atoms with Gasteiger partial charge >= 0.3 is 0 Å². The first kappa shape index (κ1) is 14.2. The zero-order chi connectivity index (χ0) is 14.9. The van der Waals surface area contributed by atoms with Crippen LogP contribution in [0, 0.1) is 5.41 Å². The Morgan fingerprint density at radius 1 is 1.33 bits per heavy atom. The number of pyridine rings is 1. The van der Waals surface area contributed by atoms with Crippen LogP contribution >= 0.6 is 0 Å². The maximum Gasteiger partial charge on any atom is 0.241 e. The minimum Gasteiger partial charge on any atom is -0.338 e. The van der Waals surface area contributed by atoms with Crippen LogP contribution in [-0.4, -0.2) is 33.1 Å². The average Bonchev–Trinajstić information content (AvgIpc) is 3.06. The predicted octanol–water partition coefficient (Wildman–Crippen LogP) is 3.14.